The maximum absolute atomic E-state index is 9.05. The van der Waals surface area contributed by atoms with Gasteiger partial charge in [0.2, 0.25) is 0 Å². The Morgan fingerprint density at radius 2 is 2.14 bits per heavy atom. The van der Waals surface area contributed by atoms with Crippen molar-refractivity contribution in [3.05, 3.63) is 52.8 Å². The van der Waals surface area contributed by atoms with Gasteiger partial charge in [0.15, 0.2) is 0 Å². The Labute approximate surface area is 126 Å². The monoisotopic (exact) mass is 279 g/mol. The fourth-order valence-electron chi connectivity index (χ4n) is 3.56. The summed E-state index contributed by atoms with van der Waals surface area (Å²) in [6.07, 6.45) is 3.97. The van der Waals surface area contributed by atoms with Gasteiger partial charge in [0, 0.05) is 23.6 Å². The van der Waals surface area contributed by atoms with Crippen molar-refractivity contribution >= 4 is 0 Å². The van der Waals surface area contributed by atoms with Crippen LogP contribution in [0.3, 0.4) is 0 Å². The second-order valence-corrected chi connectivity index (χ2v) is 5.93. The van der Waals surface area contributed by atoms with Crippen LogP contribution in [0.1, 0.15) is 60.7 Å². The first-order chi connectivity index (χ1) is 10.2. The van der Waals surface area contributed by atoms with E-state index in [1.807, 2.05) is 6.07 Å². The predicted molar refractivity (Wildman–Crippen MR) is 83.1 cm³/mol. The summed E-state index contributed by atoms with van der Waals surface area (Å²) in [6, 6.07) is 13.1. The molecule has 3 rings (SSSR count). The van der Waals surface area contributed by atoms with Crippen molar-refractivity contribution in [1.29, 1.82) is 5.26 Å². The van der Waals surface area contributed by atoms with Gasteiger partial charge < -0.3 is 0 Å². The zero-order valence-corrected chi connectivity index (χ0v) is 12.7. The maximum atomic E-state index is 9.05. The average Bonchev–Trinajstić information content (AvgIpc) is 2.86. The highest BCUT2D eigenvalue weighted by Gasteiger charge is 2.28. The van der Waals surface area contributed by atoms with Gasteiger partial charge in [-0.2, -0.15) is 10.4 Å². The molecular formula is C18H21N3. The minimum atomic E-state index is 0.245. The molecule has 21 heavy (non-hydrogen) atoms. The van der Waals surface area contributed by atoms with Crippen LogP contribution in [0.5, 0.6) is 0 Å². The molecule has 1 aliphatic rings. The van der Waals surface area contributed by atoms with Gasteiger partial charge in [-0.15, -0.1) is 0 Å². The van der Waals surface area contributed by atoms with E-state index in [2.05, 4.69) is 48.9 Å². The topological polar surface area (TPSA) is 41.6 Å². The Hall–Kier alpha value is -2.08. The van der Waals surface area contributed by atoms with Gasteiger partial charge in [-0.25, -0.2) is 0 Å². The van der Waals surface area contributed by atoms with Gasteiger partial charge in [-0.3, -0.25) is 4.68 Å². The Kier molecular flexibility index (Phi) is 3.79. The van der Waals surface area contributed by atoms with Crippen LogP contribution in [0.25, 0.3) is 0 Å². The lowest BCUT2D eigenvalue weighted by Crippen LogP contribution is -2.16. The first-order valence-corrected chi connectivity index (χ1v) is 7.72. The largest absolute Gasteiger partial charge is 0.262 e. The third-order valence-corrected chi connectivity index (χ3v) is 4.60. The van der Waals surface area contributed by atoms with E-state index in [-0.39, 0.29) is 6.04 Å². The van der Waals surface area contributed by atoms with E-state index < -0.39 is 0 Å². The van der Waals surface area contributed by atoms with Crippen molar-refractivity contribution < 1.29 is 0 Å². The van der Waals surface area contributed by atoms with Crippen LogP contribution in [0, 0.1) is 18.3 Å². The van der Waals surface area contributed by atoms with Crippen molar-refractivity contribution in [2.75, 3.05) is 0 Å². The molecule has 3 nitrogen and oxygen atoms in total. The van der Waals surface area contributed by atoms with E-state index >= 15 is 0 Å². The molecule has 2 unspecified atom stereocenters. The Bertz CT molecular complexity index is 664. The molecule has 0 bridgehead atoms. The molecule has 3 heteroatoms. The summed E-state index contributed by atoms with van der Waals surface area (Å²) in [4.78, 5) is 0. The molecule has 0 amide bonds. The van der Waals surface area contributed by atoms with Crippen LogP contribution >= 0.6 is 0 Å². The van der Waals surface area contributed by atoms with Gasteiger partial charge in [-0.1, -0.05) is 30.3 Å². The van der Waals surface area contributed by atoms with Crippen LogP contribution < -0.4 is 0 Å². The number of fused-ring (bicyclic) bond motifs is 1. The first kappa shape index (κ1) is 13.9. The van der Waals surface area contributed by atoms with Crippen LogP contribution in [-0.4, -0.2) is 9.78 Å². The molecule has 0 saturated heterocycles. The molecule has 0 saturated carbocycles. The van der Waals surface area contributed by atoms with Crippen molar-refractivity contribution in [2.45, 2.75) is 51.5 Å². The third-order valence-electron chi connectivity index (χ3n) is 4.60. The van der Waals surface area contributed by atoms with Crippen molar-refractivity contribution in [2.24, 2.45) is 0 Å². The molecule has 1 aromatic carbocycles. The zero-order chi connectivity index (χ0) is 14.8. The molecule has 0 spiro atoms. The van der Waals surface area contributed by atoms with Crippen molar-refractivity contribution in [3.63, 3.8) is 0 Å². The molecule has 0 radical (unpaired) electrons. The zero-order valence-electron chi connectivity index (χ0n) is 12.7. The standard InChI is InChI=1S/C18H21N3/c1-13-18-16(11-12-19)9-6-10-17(18)21(20-13)14(2)15-7-4-3-5-8-15/h3-5,7-8,14,16H,6,9-11H2,1-2H3. The number of benzene rings is 1. The van der Waals surface area contributed by atoms with Gasteiger partial charge in [-0.05, 0) is 38.7 Å². The van der Waals surface area contributed by atoms with Gasteiger partial charge in [0.05, 0.1) is 17.8 Å². The average molecular weight is 279 g/mol. The van der Waals surface area contributed by atoms with E-state index in [1.165, 1.54) is 16.8 Å². The lowest BCUT2D eigenvalue weighted by atomic mass is 9.83. The highest BCUT2D eigenvalue weighted by atomic mass is 15.3. The lowest BCUT2D eigenvalue weighted by Gasteiger charge is -2.23. The molecule has 1 aromatic heterocycles. The van der Waals surface area contributed by atoms with Gasteiger partial charge >= 0.3 is 0 Å². The van der Waals surface area contributed by atoms with Crippen LogP contribution in [0.15, 0.2) is 30.3 Å². The number of aryl methyl sites for hydroxylation is 1. The number of nitrogens with zero attached hydrogens (tertiary/aromatic N) is 3. The summed E-state index contributed by atoms with van der Waals surface area (Å²) in [6.45, 7) is 4.29. The molecule has 0 fully saturated rings. The minimum Gasteiger partial charge on any atom is -0.262 e. The minimum absolute atomic E-state index is 0.245. The normalized spacial score (nSPS) is 18.8. The molecule has 1 aliphatic carbocycles. The summed E-state index contributed by atoms with van der Waals surface area (Å²) in [5, 5.41) is 13.9. The fourth-order valence-corrected chi connectivity index (χ4v) is 3.56. The van der Waals surface area contributed by atoms with E-state index in [1.54, 1.807) is 0 Å². The Balaban J connectivity index is 2.02. The predicted octanol–water partition coefficient (Wildman–Crippen LogP) is 4.13. The van der Waals surface area contributed by atoms with Gasteiger partial charge in [0.25, 0.3) is 0 Å². The second kappa shape index (κ2) is 5.73. The third kappa shape index (κ3) is 2.47. The smallest absolute Gasteiger partial charge is 0.0743 e. The highest BCUT2D eigenvalue weighted by molar-refractivity contribution is 5.34. The van der Waals surface area contributed by atoms with Crippen molar-refractivity contribution in [3.8, 4) is 6.07 Å². The SMILES string of the molecule is Cc1nn(C(C)c2ccccc2)c2c1C(CC#N)CCC2. The second-order valence-electron chi connectivity index (χ2n) is 5.93. The lowest BCUT2D eigenvalue weighted by molar-refractivity contribution is 0.495. The molecule has 0 N–H and O–H groups in total. The molecule has 0 aliphatic heterocycles. The fraction of sp³-hybridized carbons (Fsp3) is 0.444. The number of hydrogen-bond acceptors (Lipinski definition) is 2. The van der Waals surface area contributed by atoms with E-state index in [4.69, 9.17) is 10.4 Å². The summed E-state index contributed by atoms with van der Waals surface area (Å²) < 4.78 is 2.18. The number of nitriles is 1. The van der Waals surface area contributed by atoms with Crippen molar-refractivity contribution in [1.82, 2.24) is 9.78 Å². The van der Waals surface area contributed by atoms with Crippen LogP contribution in [0.4, 0.5) is 0 Å². The number of hydrogen-bond donors (Lipinski definition) is 0. The molecule has 2 atom stereocenters. The highest BCUT2D eigenvalue weighted by Crippen LogP contribution is 2.37. The van der Waals surface area contributed by atoms with Gasteiger partial charge in [0.1, 0.15) is 0 Å². The van der Waals surface area contributed by atoms with Crippen LogP contribution in [0.2, 0.25) is 0 Å². The molecular weight excluding hydrogens is 258 g/mol. The van der Waals surface area contributed by atoms with E-state index in [9.17, 15) is 0 Å². The number of aromatic nitrogens is 2. The van der Waals surface area contributed by atoms with E-state index in [0.717, 1.165) is 25.0 Å². The molecule has 2 aromatic rings. The summed E-state index contributed by atoms with van der Waals surface area (Å²) in [7, 11) is 0. The Morgan fingerprint density at radius 1 is 1.38 bits per heavy atom. The number of rotatable bonds is 3. The van der Waals surface area contributed by atoms with Crippen LogP contribution in [-0.2, 0) is 6.42 Å². The maximum Gasteiger partial charge on any atom is 0.0743 e. The molecule has 108 valence electrons. The first-order valence-electron chi connectivity index (χ1n) is 7.72. The van der Waals surface area contributed by atoms with E-state index in [0.29, 0.717) is 12.3 Å². The summed E-state index contributed by atoms with van der Waals surface area (Å²) >= 11 is 0. The quantitative estimate of drug-likeness (QED) is 0.847. The molecule has 1 heterocycles. The summed E-state index contributed by atoms with van der Waals surface area (Å²) in [5.74, 6) is 0.371. The summed E-state index contributed by atoms with van der Waals surface area (Å²) in [5.41, 5.74) is 5.07. The Morgan fingerprint density at radius 3 is 2.86 bits per heavy atom.